The average Bonchev–Trinajstić information content (AvgIpc) is 3.33. The maximum atomic E-state index is 12.7. The molecule has 162 valence electrons. The van der Waals surface area contributed by atoms with Gasteiger partial charge in [0.15, 0.2) is 9.84 Å². The number of hydrogen-bond donors (Lipinski definition) is 1. The molecule has 29 heavy (non-hydrogen) atoms. The van der Waals surface area contributed by atoms with Gasteiger partial charge in [-0.3, -0.25) is 9.59 Å². The van der Waals surface area contributed by atoms with Gasteiger partial charge in [-0.25, -0.2) is 13.4 Å². The molecule has 2 amide bonds. The van der Waals surface area contributed by atoms with Crippen LogP contribution in [0.3, 0.4) is 0 Å². The second kappa shape index (κ2) is 8.71. The summed E-state index contributed by atoms with van der Waals surface area (Å²) in [5, 5.41) is 8.62. The molecular weight excluding hydrogens is 392 g/mol. The quantitative estimate of drug-likeness (QED) is 0.708. The van der Waals surface area contributed by atoms with E-state index >= 15 is 0 Å². The molecule has 2 saturated heterocycles. The first kappa shape index (κ1) is 20.8. The van der Waals surface area contributed by atoms with Crippen molar-refractivity contribution < 1.29 is 18.0 Å². The summed E-state index contributed by atoms with van der Waals surface area (Å²) in [6, 6.07) is -0.294. The lowest BCUT2D eigenvalue weighted by molar-refractivity contribution is -0.133. The molecule has 4 rings (SSSR count). The van der Waals surface area contributed by atoms with Crippen LogP contribution in [-0.4, -0.2) is 79.1 Å². The van der Waals surface area contributed by atoms with Crippen molar-refractivity contribution in [1.82, 2.24) is 15.2 Å². The molecule has 3 fully saturated rings. The third kappa shape index (κ3) is 5.17. The van der Waals surface area contributed by atoms with E-state index in [1.807, 2.05) is 0 Å². The molecule has 1 atom stereocenters. The summed E-state index contributed by atoms with van der Waals surface area (Å²) in [7, 11) is -3.11. The summed E-state index contributed by atoms with van der Waals surface area (Å²) in [4.78, 5) is 27.5. The van der Waals surface area contributed by atoms with E-state index in [0.29, 0.717) is 18.6 Å². The third-order valence-corrected chi connectivity index (χ3v) is 8.54. The van der Waals surface area contributed by atoms with Crippen LogP contribution in [0.1, 0.15) is 57.8 Å². The van der Waals surface area contributed by atoms with E-state index in [2.05, 4.69) is 15.3 Å². The zero-order valence-electron chi connectivity index (χ0n) is 17.0. The first-order valence-electron chi connectivity index (χ1n) is 11.0. The van der Waals surface area contributed by atoms with Crippen LogP contribution in [0.25, 0.3) is 0 Å². The number of nitrogens with one attached hydrogen (secondary N) is 1. The number of rotatable bonds is 5. The van der Waals surface area contributed by atoms with Crippen molar-refractivity contribution in [3.8, 4) is 0 Å². The first-order valence-corrected chi connectivity index (χ1v) is 12.8. The Bertz CT molecular complexity index is 767. The molecule has 3 heterocycles. The molecule has 3 aliphatic heterocycles. The Morgan fingerprint density at radius 2 is 1.79 bits per heavy atom. The molecule has 4 aliphatic rings. The van der Waals surface area contributed by atoms with Crippen molar-refractivity contribution in [2.45, 2.75) is 69.9 Å². The standard InChI is InChI=1S/C20H32N4O4S/c25-19-6-5-18(22-24(19)17-9-12-29(27,28)14-17)20(26)21-16-7-10-23(11-8-16)13-15-3-1-2-4-15/h15-17H,1-14H2,(H,21,26). The molecule has 9 heteroatoms. The molecule has 0 spiro atoms. The zero-order valence-corrected chi connectivity index (χ0v) is 17.8. The van der Waals surface area contributed by atoms with Crippen molar-refractivity contribution in [2.24, 2.45) is 11.0 Å². The van der Waals surface area contributed by atoms with Crippen LogP contribution >= 0.6 is 0 Å². The topological polar surface area (TPSA) is 99.2 Å². The van der Waals surface area contributed by atoms with E-state index in [0.717, 1.165) is 31.8 Å². The highest BCUT2D eigenvalue weighted by molar-refractivity contribution is 7.91. The summed E-state index contributed by atoms with van der Waals surface area (Å²) in [5.41, 5.74) is 0.349. The minimum atomic E-state index is -3.11. The van der Waals surface area contributed by atoms with Gasteiger partial charge in [-0.2, -0.15) is 5.10 Å². The van der Waals surface area contributed by atoms with Crippen molar-refractivity contribution in [3.05, 3.63) is 0 Å². The molecule has 0 aromatic heterocycles. The molecule has 8 nitrogen and oxygen atoms in total. The van der Waals surface area contributed by atoms with Crippen molar-refractivity contribution in [2.75, 3.05) is 31.1 Å². The number of nitrogens with zero attached hydrogens (tertiary/aromatic N) is 3. The molecule has 1 saturated carbocycles. The van der Waals surface area contributed by atoms with Crippen LogP contribution in [0.2, 0.25) is 0 Å². The Kier molecular flexibility index (Phi) is 6.24. The Balaban J connectivity index is 1.29. The van der Waals surface area contributed by atoms with Gasteiger partial charge in [0.25, 0.3) is 5.91 Å². The largest absolute Gasteiger partial charge is 0.348 e. The Hall–Kier alpha value is -1.48. The van der Waals surface area contributed by atoms with Crippen LogP contribution in [-0.2, 0) is 19.4 Å². The second-order valence-corrected chi connectivity index (χ2v) is 11.3. The number of carbonyl (C=O) groups is 2. The van der Waals surface area contributed by atoms with E-state index in [1.54, 1.807) is 0 Å². The monoisotopic (exact) mass is 424 g/mol. The maximum absolute atomic E-state index is 12.7. The predicted molar refractivity (Wildman–Crippen MR) is 110 cm³/mol. The number of hydrazone groups is 1. The Morgan fingerprint density at radius 3 is 2.45 bits per heavy atom. The van der Waals surface area contributed by atoms with Gasteiger partial charge in [0.2, 0.25) is 5.91 Å². The van der Waals surface area contributed by atoms with Gasteiger partial charge in [0.05, 0.1) is 17.5 Å². The van der Waals surface area contributed by atoms with Crippen LogP contribution in [0.5, 0.6) is 0 Å². The highest BCUT2D eigenvalue weighted by atomic mass is 32.2. The summed E-state index contributed by atoms with van der Waals surface area (Å²) in [6.45, 7) is 3.21. The minimum absolute atomic E-state index is 0.0589. The number of amides is 2. The minimum Gasteiger partial charge on any atom is -0.348 e. The van der Waals surface area contributed by atoms with Crippen LogP contribution in [0, 0.1) is 5.92 Å². The molecule has 1 aliphatic carbocycles. The molecule has 0 aromatic carbocycles. The number of carbonyl (C=O) groups excluding carboxylic acids is 2. The smallest absolute Gasteiger partial charge is 0.267 e. The van der Waals surface area contributed by atoms with E-state index in [1.165, 1.54) is 37.2 Å². The summed E-state index contributed by atoms with van der Waals surface area (Å²) in [5.74, 6) is 0.469. The van der Waals surface area contributed by atoms with E-state index in [4.69, 9.17) is 0 Å². The van der Waals surface area contributed by atoms with Gasteiger partial charge in [-0.1, -0.05) is 12.8 Å². The van der Waals surface area contributed by atoms with Crippen LogP contribution < -0.4 is 5.32 Å². The Morgan fingerprint density at radius 1 is 1.07 bits per heavy atom. The Labute approximate surface area is 173 Å². The average molecular weight is 425 g/mol. The van der Waals surface area contributed by atoms with Crippen LogP contribution in [0.15, 0.2) is 5.10 Å². The number of sulfone groups is 1. The zero-order chi connectivity index (χ0) is 20.4. The second-order valence-electron chi connectivity index (χ2n) is 9.04. The number of piperidine rings is 1. The fourth-order valence-corrected chi connectivity index (χ4v) is 6.77. The van der Waals surface area contributed by atoms with Gasteiger partial charge in [-0.15, -0.1) is 0 Å². The van der Waals surface area contributed by atoms with Gasteiger partial charge >= 0.3 is 0 Å². The lowest BCUT2D eigenvalue weighted by atomic mass is 10.0. The highest BCUT2D eigenvalue weighted by Gasteiger charge is 2.37. The molecule has 0 bridgehead atoms. The van der Waals surface area contributed by atoms with E-state index < -0.39 is 15.9 Å². The lowest BCUT2D eigenvalue weighted by Crippen LogP contribution is -2.49. The predicted octanol–water partition coefficient (Wildman–Crippen LogP) is 0.923. The van der Waals surface area contributed by atoms with Gasteiger partial charge in [-0.05, 0) is 38.0 Å². The molecule has 0 radical (unpaired) electrons. The summed E-state index contributed by atoms with van der Waals surface area (Å²) in [6.07, 6.45) is 8.25. The maximum Gasteiger partial charge on any atom is 0.267 e. The molecule has 1 N–H and O–H groups in total. The normalized spacial score (nSPS) is 29.2. The SMILES string of the molecule is O=C(NC1CCN(CC2CCCC2)CC1)C1=NN(C2CCS(=O)(=O)C2)C(=O)CC1. The van der Waals surface area contributed by atoms with Crippen LogP contribution in [0.4, 0.5) is 0 Å². The van der Waals surface area contributed by atoms with E-state index in [9.17, 15) is 18.0 Å². The van der Waals surface area contributed by atoms with Crippen molar-refractivity contribution in [1.29, 1.82) is 0 Å². The molecule has 1 unspecified atom stereocenters. The van der Waals surface area contributed by atoms with Gasteiger partial charge in [0.1, 0.15) is 5.71 Å². The van der Waals surface area contributed by atoms with E-state index in [-0.39, 0.29) is 35.8 Å². The van der Waals surface area contributed by atoms with Crippen molar-refractivity contribution >= 4 is 27.4 Å². The fourth-order valence-electron chi connectivity index (χ4n) is 5.07. The molecule has 0 aromatic rings. The van der Waals surface area contributed by atoms with Gasteiger partial charge < -0.3 is 10.2 Å². The first-order chi connectivity index (χ1) is 13.9. The van der Waals surface area contributed by atoms with Crippen molar-refractivity contribution in [3.63, 3.8) is 0 Å². The number of hydrogen-bond acceptors (Lipinski definition) is 6. The summed E-state index contributed by atoms with van der Waals surface area (Å²) < 4.78 is 23.5. The summed E-state index contributed by atoms with van der Waals surface area (Å²) >= 11 is 0. The van der Waals surface area contributed by atoms with Gasteiger partial charge in [0, 0.05) is 38.5 Å². The third-order valence-electron chi connectivity index (χ3n) is 6.79. The number of likely N-dealkylation sites (tertiary alicyclic amines) is 1. The lowest BCUT2D eigenvalue weighted by Gasteiger charge is -2.34. The highest BCUT2D eigenvalue weighted by Crippen LogP contribution is 2.26. The fraction of sp³-hybridized carbons (Fsp3) is 0.850. The molecular formula is C20H32N4O4S.